The molecule has 2 aromatic rings. The largest absolute Gasteiger partial charge is 0.395 e. The standard InChI is InChI=1S/C9H6FN5/c10-6-2-1-3-7(9(6)12)15-5-13-8(4-11)14-15/h1-3,5H,12H2. The van der Waals surface area contributed by atoms with Gasteiger partial charge in [0, 0.05) is 0 Å². The molecular formula is C9H6FN5. The van der Waals surface area contributed by atoms with E-state index in [1.54, 1.807) is 12.1 Å². The fourth-order valence-electron chi connectivity index (χ4n) is 1.16. The highest BCUT2D eigenvalue weighted by molar-refractivity contribution is 5.57. The first-order valence-electron chi connectivity index (χ1n) is 4.08. The summed E-state index contributed by atoms with van der Waals surface area (Å²) < 4.78 is 14.4. The molecule has 0 unspecified atom stereocenters. The van der Waals surface area contributed by atoms with Gasteiger partial charge in [-0.05, 0) is 12.1 Å². The Morgan fingerprint density at radius 3 is 2.93 bits per heavy atom. The van der Waals surface area contributed by atoms with Crippen molar-refractivity contribution in [2.24, 2.45) is 0 Å². The summed E-state index contributed by atoms with van der Waals surface area (Å²) in [4.78, 5) is 3.69. The number of para-hydroxylation sites is 1. The zero-order valence-corrected chi connectivity index (χ0v) is 7.55. The normalized spacial score (nSPS) is 9.87. The van der Waals surface area contributed by atoms with Crippen molar-refractivity contribution >= 4 is 5.69 Å². The number of benzene rings is 1. The predicted molar refractivity (Wildman–Crippen MR) is 50.4 cm³/mol. The van der Waals surface area contributed by atoms with Crippen LogP contribution in [0.1, 0.15) is 5.82 Å². The molecule has 15 heavy (non-hydrogen) atoms. The monoisotopic (exact) mass is 203 g/mol. The molecule has 2 N–H and O–H groups in total. The number of anilines is 1. The van der Waals surface area contributed by atoms with Crippen LogP contribution in [0.25, 0.3) is 5.69 Å². The summed E-state index contributed by atoms with van der Waals surface area (Å²) in [6.07, 6.45) is 1.31. The molecule has 74 valence electrons. The smallest absolute Gasteiger partial charge is 0.252 e. The molecule has 0 bridgehead atoms. The highest BCUT2D eigenvalue weighted by atomic mass is 19.1. The summed E-state index contributed by atoms with van der Waals surface area (Å²) in [5.74, 6) is -0.514. The van der Waals surface area contributed by atoms with Gasteiger partial charge in [-0.3, -0.25) is 0 Å². The third-order valence-corrected chi connectivity index (χ3v) is 1.87. The number of hydrogen-bond donors (Lipinski definition) is 1. The Hall–Kier alpha value is -2.42. The highest BCUT2D eigenvalue weighted by Gasteiger charge is 2.08. The SMILES string of the molecule is N#Cc1ncn(-c2cccc(F)c2N)n1. The lowest BCUT2D eigenvalue weighted by Crippen LogP contribution is -2.02. The molecule has 0 fully saturated rings. The number of hydrogen-bond acceptors (Lipinski definition) is 4. The van der Waals surface area contributed by atoms with Crippen LogP contribution in [0.3, 0.4) is 0 Å². The molecule has 0 aliphatic carbocycles. The summed E-state index contributed by atoms with van der Waals surface area (Å²) in [5.41, 5.74) is 5.86. The van der Waals surface area contributed by atoms with Crippen LogP contribution in [0.5, 0.6) is 0 Å². The van der Waals surface area contributed by atoms with E-state index in [9.17, 15) is 4.39 Å². The molecule has 0 aliphatic heterocycles. The van der Waals surface area contributed by atoms with Crippen molar-refractivity contribution in [2.75, 3.05) is 5.73 Å². The van der Waals surface area contributed by atoms with Crippen molar-refractivity contribution in [3.63, 3.8) is 0 Å². The molecule has 1 aromatic heterocycles. The van der Waals surface area contributed by atoms with Gasteiger partial charge >= 0.3 is 0 Å². The van der Waals surface area contributed by atoms with Crippen LogP contribution in [-0.4, -0.2) is 14.8 Å². The van der Waals surface area contributed by atoms with E-state index in [4.69, 9.17) is 11.0 Å². The lowest BCUT2D eigenvalue weighted by atomic mass is 10.2. The third-order valence-electron chi connectivity index (χ3n) is 1.87. The summed E-state index contributed by atoms with van der Waals surface area (Å²) in [5, 5.41) is 12.3. The molecule has 6 heteroatoms. The summed E-state index contributed by atoms with van der Waals surface area (Å²) in [7, 11) is 0. The van der Waals surface area contributed by atoms with Crippen LogP contribution in [0.15, 0.2) is 24.5 Å². The van der Waals surface area contributed by atoms with Crippen LogP contribution < -0.4 is 5.73 Å². The van der Waals surface area contributed by atoms with Crippen LogP contribution in [0, 0.1) is 17.1 Å². The van der Waals surface area contributed by atoms with Gasteiger partial charge in [0.25, 0.3) is 5.82 Å². The second kappa shape index (κ2) is 3.38. The van der Waals surface area contributed by atoms with E-state index in [1.807, 2.05) is 0 Å². The molecule has 2 rings (SSSR count). The minimum Gasteiger partial charge on any atom is -0.395 e. The lowest BCUT2D eigenvalue weighted by Gasteiger charge is -2.04. The van der Waals surface area contributed by atoms with Crippen LogP contribution in [0.2, 0.25) is 0 Å². The van der Waals surface area contributed by atoms with Crippen molar-refractivity contribution in [1.82, 2.24) is 14.8 Å². The molecule has 0 atom stereocenters. The average Bonchev–Trinajstić information content (AvgIpc) is 2.70. The van der Waals surface area contributed by atoms with E-state index in [2.05, 4.69) is 10.1 Å². The second-order valence-corrected chi connectivity index (χ2v) is 2.80. The van der Waals surface area contributed by atoms with Gasteiger partial charge in [0.05, 0.1) is 11.4 Å². The fourth-order valence-corrected chi connectivity index (χ4v) is 1.16. The summed E-state index contributed by atoms with van der Waals surface area (Å²) in [6, 6.07) is 6.12. The lowest BCUT2D eigenvalue weighted by molar-refractivity contribution is 0.630. The number of aromatic nitrogens is 3. The van der Waals surface area contributed by atoms with Crippen molar-refractivity contribution in [1.29, 1.82) is 5.26 Å². The van der Waals surface area contributed by atoms with Crippen molar-refractivity contribution in [3.05, 3.63) is 36.2 Å². The Labute approximate surface area is 84.6 Å². The van der Waals surface area contributed by atoms with E-state index in [0.29, 0.717) is 5.69 Å². The number of rotatable bonds is 1. The number of halogens is 1. The minimum absolute atomic E-state index is 0.0126. The number of nitriles is 1. The van der Waals surface area contributed by atoms with E-state index >= 15 is 0 Å². The maximum absolute atomic E-state index is 13.1. The van der Waals surface area contributed by atoms with Crippen molar-refractivity contribution in [2.45, 2.75) is 0 Å². The molecule has 0 aliphatic rings. The topological polar surface area (TPSA) is 80.5 Å². The van der Waals surface area contributed by atoms with Gasteiger partial charge in [-0.15, -0.1) is 5.10 Å². The first-order valence-corrected chi connectivity index (χ1v) is 4.08. The fraction of sp³-hybridized carbons (Fsp3) is 0. The zero-order chi connectivity index (χ0) is 10.8. The van der Waals surface area contributed by atoms with Gasteiger partial charge in [-0.2, -0.15) is 5.26 Å². The molecule has 1 heterocycles. The van der Waals surface area contributed by atoms with E-state index in [-0.39, 0.29) is 11.5 Å². The van der Waals surface area contributed by atoms with Crippen LogP contribution in [-0.2, 0) is 0 Å². The summed E-state index contributed by atoms with van der Waals surface area (Å²) in [6.45, 7) is 0. The Morgan fingerprint density at radius 2 is 2.27 bits per heavy atom. The molecule has 0 saturated carbocycles. The van der Waals surface area contributed by atoms with Crippen LogP contribution >= 0.6 is 0 Å². The number of nitrogens with two attached hydrogens (primary N) is 1. The molecular weight excluding hydrogens is 197 g/mol. The van der Waals surface area contributed by atoms with Gasteiger partial charge in [-0.1, -0.05) is 6.07 Å². The van der Waals surface area contributed by atoms with Gasteiger partial charge in [0.1, 0.15) is 18.2 Å². The average molecular weight is 203 g/mol. The van der Waals surface area contributed by atoms with Gasteiger partial charge in [-0.25, -0.2) is 14.1 Å². The van der Waals surface area contributed by atoms with Crippen molar-refractivity contribution in [3.8, 4) is 11.8 Å². The minimum atomic E-state index is -0.526. The molecule has 0 saturated heterocycles. The molecule has 0 spiro atoms. The van der Waals surface area contributed by atoms with Gasteiger partial charge < -0.3 is 5.73 Å². The molecule has 0 radical (unpaired) electrons. The zero-order valence-electron chi connectivity index (χ0n) is 7.55. The molecule has 1 aromatic carbocycles. The Kier molecular flexibility index (Phi) is 2.06. The van der Waals surface area contributed by atoms with Gasteiger partial charge in [0.15, 0.2) is 0 Å². The van der Waals surface area contributed by atoms with Gasteiger partial charge in [0.2, 0.25) is 0 Å². The van der Waals surface area contributed by atoms with E-state index in [1.165, 1.54) is 23.1 Å². The molecule has 5 nitrogen and oxygen atoms in total. The van der Waals surface area contributed by atoms with Crippen molar-refractivity contribution < 1.29 is 4.39 Å². The predicted octanol–water partition coefficient (Wildman–Crippen LogP) is 0.860. The Balaban J connectivity index is 2.55. The number of nitrogen functional groups attached to an aromatic ring is 1. The maximum Gasteiger partial charge on any atom is 0.252 e. The quantitative estimate of drug-likeness (QED) is 0.697. The van der Waals surface area contributed by atoms with E-state index in [0.717, 1.165) is 0 Å². The van der Waals surface area contributed by atoms with E-state index < -0.39 is 5.82 Å². The van der Waals surface area contributed by atoms with Crippen LogP contribution in [0.4, 0.5) is 10.1 Å². The Morgan fingerprint density at radius 1 is 1.47 bits per heavy atom. The number of nitrogens with zero attached hydrogens (tertiary/aromatic N) is 4. The highest BCUT2D eigenvalue weighted by Crippen LogP contribution is 2.18. The second-order valence-electron chi connectivity index (χ2n) is 2.80. The first kappa shape index (κ1) is 9.15. The summed E-state index contributed by atoms with van der Waals surface area (Å²) >= 11 is 0. The first-order chi connectivity index (χ1) is 7.22. The molecule has 0 amide bonds. The Bertz CT molecular complexity index is 540. The third kappa shape index (κ3) is 1.50. The maximum atomic E-state index is 13.1.